The Balaban J connectivity index is 0.842. The Morgan fingerprint density at radius 1 is 0.924 bits per heavy atom. The number of nitrogen functional groups attached to an aromatic ring is 1. The third kappa shape index (κ3) is 7.92. The van der Waals surface area contributed by atoms with Crippen LogP contribution in [0.4, 0.5) is 17.7 Å². The van der Waals surface area contributed by atoms with Crippen LogP contribution in [0.15, 0.2) is 97.5 Å². The largest absolute Gasteiger partial charge is 0.457 e. The Bertz CT molecular complexity index is 3110. The number of fused-ring (bicyclic) bond motifs is 3. The molecule has 0 radical (unpaired) electrons. The number of piperazine rings is 1. The SMILES string of the molecule is C=C(Cn1c(CNc2nc(N3C[C@@H](C)N[C@@H](C)C3)nc3c(C4CC4)cnn23)nc2cc(C)ccc21)C(=O)N1CCC[C@@H](n2nc(-c3ccc(Oc4ccccc4)cc3)c3c(N)ncnc32)C1. The van der Waals surface area contributed by atoms with Gasteiger partial charge in [-0.1, -0.05) is 30.8 Å². The smallest absolute Gasteiger partial charge is 0.251 e. The molecule has 2 aliphatic heterocycles. The topological polar surface area (TPSA) is 187 Å². The summed E-state index contributed by atoms with van der Waals surface area (Å²) in [5, 5.41) is 17.8. The molecule has 4 N–H and O–H groups in total. The molecule has 1 aliphatic carbocycles. The number of para-hydroxylation sites is 1. The molecule has 11 rings (SSSR count). The van der Waals surface area contributed by atoms with Crippen LogP contribution in [0.3, 0.4) is 0 Å². The third-order valence-electron chi connectivity index (χ3n) is 12.9. The van der Waals surface area contributed by atoms with Gasteiger partial charge in [-0.15, -0.1) is 0 Å². The van der Waals surface area contributed by atoms with Gasteiger partial charge in [0.25, 0.3) is 5.91 Å². The fraction of sp³-hybridized carbons (Fsp3) is 0.347. The van der Waals surface area contributed by atoms with Crippen molar-refractivity contribution in [2.24, 2.45) is 0 Å². The van der Waals surface area contributed by atoms with Crippen LogP contribution < -0.4 is 26.0 Å². The second-order valence-corrected chi connectivity index (χ2v) is 18.1. The number of benzene rings is 3. The van der Waals surface area contributed by atoms with E-state index in [1.165, 1.54) is 6.33 Å². The second kappa shape index (κ2) is 16.9. The lowest BCUT2D eigenvalue weighted by Crippen LogP contribution is -2.54. The lowest BCUT2D eigenvalue weighted by atomic mass is 10.0. The van der Waals surface area contributed by atoms with Crippen LogP contribution >= 0.6 is 0 Å². The number of aryl methyl sites for hydroxylation is 1. The van der Waals surface area contributed by atoms with Gasteiger partial charge in [0.15, 0.2) is 11.3 Å². The summed E-state index contributed by atoms with van der Waals surface area (Å²) < 4.78 is 11.9. The van der Waals surface area contributed by atoms with Gasteiger partial charge in [-0.25, -0.2) is 19.6 Å². The zero-order chi connectivity index (χ0) is 45.1. The van der Waals surface area contributed by atoms with E-state index in [4.69, 9.17) is 35.6 Å². The van der Waals surface area contributed by atoms with Crippen molar-refractivity contribution in [2.75, 3.05) is 42.1 Å². The number of hydrogen-bond donors (Lipinski definition) is 3. The predicted octanol–water partition coefficient (Wildman–Crippen LogP) is 7.06. The molecule has 336 valence electrons. The first-order valence-corrected chi connectivity index (χ1v) is 22.9. The quantitative estimate of drug-likeness (QED) is 0.106. The maximum atomic E-state index is 14.5. The lowest BCUT2D eigenvalue weighted by molar-refractivity contribution is -0.129. The number of piperidine rings is 1. The van der Waals surface area contributed by atoms with Crippen molar-refractivity contribution in [2.45, 2.75) is 83.6 Å². The monoisotopic (exact) mass is 883 g/mol. The summed E-state index contributed by atoms with van der Waals surface area (Å²) in [6.45, 7) is 14.1. The molecule has 66 heavy (non-hydrogen) atoms. The van der Waals surface area contributed by atoms with E-state index in [1.807, 2.05) is 74.9 Å². The zero-order valence-electron chi connectivity index (χ0n) is 37.4. The van der Waals surface area contributed by atoms with Gasteiger partial charge in [0.05, 0.1) is 41.7 Å². The number of hydrogen-bond acceptors (Lipinski definition) is 13. The summed E-state index contributed by atoms with van der Waals surface area (Å²) in [5.41, 5.74) is 14.0. The van der Waals surface area contributed by atoms with E-state index in [0.717, 1.165) is 83.7 Å². The van der Waals surface area contributed by atoms with Crippen molar-refractivity contribution in [3.8, 4) is 22.8 Å². The van der Waals surface area contributed by atoms with Crippen LogP contribution in [0.25, 0.3) is 39.0 Å². The first kappa shape index (κ1) is 41.3. The van der Waals surface area contributed by atoms with Gasteiger partial charge in [0, 0.05) is 55.0 Å². The Labute approximate surface area is 381 Å². The van der Waals surface area contributed by atoms with Gasteiger partial charge in [-0.3, -0.25) is 4.79 Å². The van der Waals surface area contributed by atoms with Gasteiger partial charge < -0.3 is 35.5 Å². The van der Waals surface area contributed by atoms with Crippen LogP contribution in [-0.4, -0.2) is 98.0 Å². The first-order valence-electron chi connectivity index (χ1n) is 22.9. The minimum absolute atomic E-state index is 0.113. The standard InChI is InChI=1S/C49H53N15O2/c1-29-12-19-40-39(21-29)56-41(23-51-48-58-49(61-25-31(3)55-32(4)26-61)57-45-38(33-13-14-33)22-54-64(45)48)62(40)24-30(2)47(65)60-20-8-9-35(27-60)63-46-42(44(50)52-28-53-46)43(59-63)34-15-17-37(18-16-34)66-36-10-6-5-7-11-36/h5-7,10-12,15-19,21-22,28,31-33,35,55H,2,8-9,13-14,20,23-27H2,1,3-4H3,(H2,50,52,53)(H,51,57,58)/t31-,32+,35-/m1/s1. The molecule has 3 aromatic carbocycles. The summed E-state index contributed by atoms with van der Waals surface area (Å²) in [6, 6.07) is 24.1. The van der Waals surface area contributed by atoms with Crippen molar-refractivity contribution < 1.29 is 9.53 Å². The molecule has 17 heteroatoms. The van der Waals surface area contributed by atoms with Gasteiger partial charge in [-0.2, -0.15) is 24.7 Å². The summed E-state index contributed by atoms with van der Waals surface area (Å²) >= 11 is 0. The molecular weight excluding hydrogens is 831 g/mol. The van der Waals surface area contributed by atoms with E-state index in [1.54, 1.807) is 0 Å². The highest BCUT2D eigenvalue weighted by molar-refractivity contribution is 5.98. The van der Waals surface area contributed by atoms with Crippen molar-refractivity contribution >= 4 is 51.3 Å². The maximum absolute atomic E-state index is 14.5. The van der Waals surface area contributed by atoms with Crippen molar-refractivity contribution in [1.29, 1.82) is 0 Å². The molecule has 0 spiro atoms. The molecule has 2 saturated heterocycles. The van der Waals surface area contributed by atoms with Gasteiger partial charge in [-0.05, 0) is 106 Å². The number of amides is 1. The number of likely N-dealkylation sites (tertiary alicyclic amines) is 1. The van der Waals surface area contributed by atoms with Crippen LogP contribution in [0.5, 0.6) is 11.5 Å². The Kier molecular flexibility index (Phi) is 10.6. The fourth-order valence-corrected chi connectivity index (χ4v) is 9.65. The molecule has 5 aromatic heterocycles. The highest BCUT2D eigenvalue weighted by Crippen LogP contribution is 2.42. The molecule has 0 unspecified atom stereocenters. The van der Waals surface area contributed by atoms with E-state index in [-0.39, 0.29) is 18.5 Å². The summed E-state index contributed by atoms with van der Waals surface area (Å²) in [4.78, 5) is 42.9. The number of nitrogens with one attached hydrogen (secondary N) is 2. The number of rotatable bonds is 12. The average molecular weight is 884 g/mol. The maximum Gasteiger partial charge on any atom is 0.251 e. The molecule has 3 aliphatic rings. The lowest BCUT2D eigenvalue weighted by Gasteiger charge is -2.36. The predicted molar refractivity (Wildman–Crippen MR) is 255 cm³/mol. The molecule has 3 fully saturated rings. The molecule has 7 heterocycles. The number of carbonyl (C=O) groups excluding carboxylic acids is 1. The number of carbonyl (C=O) groups is 1. The molecular formula is C49H53N15O2. The van der Waals surface area contributed by atoms with Crippen molar-refractivity contribution in [1.82, 2.24) is 59.1 Å². The molecule has 1 saturated carbocycles. The van der Waals surface area contributed by atoms with Gasteiger partial charge in [0.1, 0.15) is 35.2 Å². The van der Waals surface area contributed by atoms with Crippen LogP contribution in [0, 0.1) is 6.92 Å². The number of ether oxygens (including phenoxy) is 1. The van der Waals surface area contributed by atoms with E-state index in [9.17, 15) is 4.79 Å². The Morgan fingerprint density at radius 2 is 1.71 bits per heavy atom. The fourth-order valence-electron chi connectivity index (χ4n) is 9.65. The number of nitrogens with zero attached hydrogens (tertiary/aromatic N) is 12. The summed E-state index contributed by atoms with van der Waals surface area (Å²) in [6.07, 6.45) is 7.28. The van der Waals surface area contributed by atoms with Crippen molar-refractivity contribution in [3.05, 3.63) is 114 Å². The average Bonchev–Trinajstić information content (AvgIpc) is 3.80. The highest BCUT2D eigenvalue weighted by Gasteiger charge is 2.32. The molecule has 0 bridgehead atoms. The molecule has 3 atom stereocenters. The van der Waals surface area contributed by atoms with E-state index < -0.39 is 0 Å². The summed E-state index contributed by atoms with van der Waals surface area (Å²) in [5.74, 6) is 4.20. The number of aromatic nitrogens is 10. The third-order valence-corrected chi connectivity index (χ3v) is 12.9. The van der Waals surface area contributed by atoms with Gasteiger partial charge >= 0.3 is 0 Å². The van der Waals surface area contributed by atoms with E-state index in [0.29, 0.717) is 83.4 Å². The summed E-state index contributed by atoms with van der Waals surface area (Å²) in [7, 11) is 0. The Morgan fingerprint density at radius 3 is 2.50 bits per heavy atom. The minimum Gasteiger partial charge on any atom is -0.457 e. The minimum atomic E-state index is -0.150. The van der Waals surface area contributed by atoms with Crippen LogP contribution in [0.2, 0.25) is 0 Å². The molecule has 17 nitrogen and oxygen atoms in total. The normalized spacial score (nSPS) is 18.9. The van der Waals surface area contributed by atoms with Crippen LogP contribution in [0.1, 0.15) is 68.4 Å². The first-order chi connectivity index (χ1) is 32.1. The zero-order valence-corrected chi connectivity index (χ0v) is 37.4. The van der Waals surface area contributed by atoms with Gasteiger partial charge in [0.2, 0.25) is 11.9 Å². The molecule has 8 aromatic rings. The van der Waals surface area contributed by atoms with E-state index >= 15 is 0 Å². The van der Waals surface area contributed by atoms with E-state index in [2.05, 4.69) is 75.6 Å². The number of anilines is 3. The highest BCUT2D eigenvalue weighted by atomic mass is 16.5. The Hall–Kier alpha value is -7.40. The van der Waals surface area contributed by atoms with Crippen molar-refractivity contribution in [3.63, 3.8) is 0 Å². The second-order valence-electron chi connectivity index (χ2n) is 18.1. The van der Waals surface area contributed by atoms with Crippen LogP contribution in [-0.2, 0) is 17.9 Å². The number of nitrogens with two attached hydrogens (primary N) is 1. The molecule has 1 amide bonds. The number of imidazole rings is 1.